The van der Waals surface area contributed by atoms with Crippen LogP contribution in [0.3, 0.4) is 0 Å². The lowest BCUT2D eigenvalue weighted by Gasteiger charge is -2.27. The molecule has 0 aromatic carbocycles. The predicted molar refractivity (Wildman–Crippen MR) is 70.8 cm³/mol. The van der Waals surface area contributed by atoms with Gasteiger partial charge in [-0.3, -0.25) is 0 Å². The molecule has 18 heavy (non-hydrogen) atoms. The Morgan fingerprint density at radius 1 is 1.33 bits per heavy atom. The Hall–Kier alpha value is -1.16. The van der Waals surface area contributed by atoms with Crippen molar-refractivity contribution in [2.45, 2.75) is 51.6 Å². The van der Waals surface area contributed by atoms with Gasteiger partial charge in [0.25, 0.3) is 0 Å². The molecule has 1 aromatic heterocycles. The van der Waals surface area contributed by atoms with Crippen molar-refractivity contribution in [3.63, 3.8) is 0 Å². The van der Waals surface area contributed by atoms with E-state index in [0.717, 1.165) is 37.6 Å². The van der Waals surface area contributed by atoms with E-state index in [2.05, 4.69) is 12.2 Å². The predicted octanol–water partition coefficient (Wildman–Crippen LogP) is 2.64. The molecule has 98 valence electrons. The van der Waals surface area contributed by atoms with Crippen LogP contribution in [-0.2, 0) is 17.8 Å². The molecule has 0 atom stereocenters. The number of fused-ring (bicyclic) bond motifs is 1. The monoisotopic (exact) mass is 247 g/mol. The summed E-state index contributed by atoms with van der Waals surface area (Å²) in [4.78, 5) is 9.52. The summed E-state index contributed by atoms with van der Waals surface area (Å²) in [5.74, 6) is 2.67. The molecule has 2 heterocycles. The fourth-order valence-electron chi connectivity index (χ4n) is 2.49. The van der Waals surface area contributed by atoms with Crippen LogP contribution in [0, 0.1) is 0 Å². The van der Waals surface area contributed by atoms with Crippen LogP contribution >= 0.6 is 0 Å². The highest BCUT2D eigenvalue weighted by atomic mass is 16.5. The number of hydrogen-bond donors (Lipinski definition) is 1. The molecule has 0 bridgehead atoms. The summed E-state index contributed by atoms with van der Waals surface area (Å²) in [7, 11) is 0. The summed E-state index contributed by atoms with van der Waals surface area (Å²) in [6.45, 7) is 4.59. The van der Waals surface area contributed by atoms with Gasteiger partial charge in [0.15, 0.2) is 0 Å². The Morgan fingerprint density at radius 3 is 2.94 bits per heavy atom. The van der Waals surface area contributed by atoms with Gasteiger partial charge in [0.2, 0.25) is 0 Å². The maximum Gasteiger partial charge on any atom is 0.135 e. The smallest absolute Gasteiger partial charge is 0.135 e. The molecular weight excluding hydrogens is 226 g/mol. The average molecular weight is 247 g/mol. The quantitative estimate of drug-likeness (QED) is 0.888. The Bertz CT molecular complexity index is 429. The molecule has 2 aliphatic rings. The van der Waals surface area contributed by atoms with Crippen LogP contribution in [0.1, 0.15) is 55.6 Å². The topological polar surface area (TPSA) is 47.0 Å². The highest BCUT2D eigenvalue weighted by Gasteiger charge is 2.26. The van der Waals surface area contributed by atoms with E-state index in [1.165, 1.54) is 30.5 Å². The van der Waals surface area contributed by atoms with Crippen molar-refractivity contribution < 1.29 is 4.74 Å². The molecule has 0 spiro atoms. The lowest BCUT2D eigenvalue weighted by Crippen LogP contribution is -2.21. The van der Waals surface area contributed by atoms with E-state index in [0.29, 0.717) is 12.5 Å². The van der Waals surface area contributed by atoms with E-state index < -0.39 is 0 Å². The lowest BCUT2D eigenvalue weighted by atomic mass is 9.84. The van der Waals surface area contributed by atoms with Gasteiger partial charge in [0.05, 0.1) is 18.9 Å². The van der Waals surface area contributed by atoms with Crippen molar-refractivity contribution >= 4 is 5.82 Å². The zero-order chi connectivity index (χ0) is 12.4. The van der Waals surface area contributed by atoms with Crippen molar-refractivity contribution in [1.29, 1.82) is 0 Å². The van der Waals surface area contributed by atoms with Gasteiger partial charge < -0.3 is 10.1 Å². The van der Waals surface area contributed by atoms with E-state index in [-0.39, 0.29) is 0 Å². The zero-order valence-corrected chi connectivity index (χ0v) is 11.0. The molecule has 1 saturated carbocycles. The molecule has 4 nitrogen and oxygen atoms in total. The summed E-state index contributed by atoms with van der Waals surface area (Å²) >= 11 is 0. The molecule has 1 aliphatic heterocycles. The Balaban J connectivity index is 1.92. The number of rotatable bonds is 4. The number of aromatic nitrogens is 2. The Labute approximate surface area is 108 Å². The van der Waals surface area contributed by atoms with Crippen molar-refractivity contribution in [3.8, 4) is 0 Å². The van der Waals surface area contributed by atoms with E-state index in [9.17, 15) is 0 Å². The normalized spacial score (nSPS) is 19.2. The third kappa shape index (κ3) is 2.21. The summed E-state index contributed by atoms with van der Waals surface area (Å²) in [6.07, 6.45) is 5.87. The van der Waals surface area contributed by atoms with Gasteiger partial charge in [0, 0.05) is 24.4 Å². The number of nitrogens with zero attached hydrogens (tertiary/aromatic N) is 2. The summed E-state index contributed by atoms with van der Waals surface area (Å²) in [6, 6.07) is 0. The van der Waals surface area contributed by atoms with Gasteiger partial charge in [-0.05, 0) is 19.3 Å². The molecule has 1 aliphatic carbocycles. The lowest BCUT2D eigenvalue weighted by molar-refractivity contribution is 0.109. The van der Waals surface area contributed by atoms with Gasteiger partial charge in [-0.25, -0.2) is 9.97 Å². The molecule has 4 heteroatoms. The molecule has 3 rings (SSSR count). The standard InChI is InChI=1S/C14H21N3O/c1-2-7-15-14-11-9-18-8-6-12(11)16-13(17-14)10-4-3-5-10/h10H,2-9H2,1H3,(H,15,16,17). The highest BCUT2D eigenvalue weighted by molar-refractivity contribution is 5.47. The first-order valence-electron chi connectivity index (χ1n) is 7.09. The Kier molecular flexibility index (Phi) is 3.46. The largest absolute Gasteiger partial charge is 0.376 e. The van der Waals surface area contributed by atoms with E-state index in [1.807, 2.05) is 0 Å². The third-order valence-electron chi connectivity index (χ3n) is 3.85. The fourth-order valence-corrected chi connectivity index (χ4v) is 2.49. The van der Waals surface area contributed by atoms with Crippen LogP contribution in [0.15, 0.2) is 0 Å². The van der Waals surface area contributed by atoms with Crippen LogP contribution in [0.4, 0.5) is 5.82 Å². The van der Waals surface area contributed by atoms with Gasteiger partial charge in [-0.15, -0.1) is 0 Å². The molecular formula is C14H21N3O. The van der Waals surface area contributed by atoms with E-state index in [1.54, 1.807) is 0 Å². The third-order valence-corrected chi connectivity index (χ3v) is 3.85. The van der Waals surface area contributed by atoms with Crippen LogP contribution in [0.25, 0.3) is 0 Å². The summed E-state index contributed by atoms with van der Waals surface area (Å²) < 4.78 is 5.54. The van der Waals surface area contributed by atoms with E-state index in [4.69, 9.17) is 14.7 Å². The molecule has 1 aromatic rings. The molecule has 0 radical (unpaired) electrons. The minimum Gasteiger partial charge on any atom is -0.376 e. The second kappa shape index (κ2) is 5.22. The van der Waals surface area contributed by atoms with Gasteiger partial charge in [-0.1, -0.05) is 13.3 Å². The van der Waals surface area contributed by atoms with Crippen LogP contribution in [0.2, 0.25) is 0 Å². The number of nitrogens with one attached hydrogen (secondary N) is 1. The van der Waals surface area contributed by atoms with Gasteiger partial charge in [-0.2, -0.15) is 0 Å². The second-order valence-electron chi connectivity index (χ2n) is 5.21. The zero-order valence-electron chi connectivity index (χ0n) is 11.0. The Morgan fingerprint density at radius 2 is 2.22 bits per heavy atom. The van der Waals surface area contributed by atoms with E-state index >= 15 is 0 Å². The minimum absolute atomic E-state index is 0.598. The second-order valence-corrected chi connectivity index (χ2v) is 5.21. The molecule has 0 saturated heterocycles. The molecule has 1 N–H and O–H groups in total. The van der Waals surface area contributed by atoms with Crippen molar-refractivity contribution in [2.75, 3.05) is 18.5 Å². The minimum atomic E-state index is 0.598. The van der Waals surface area contributed by atoms with Crippen molar-refractivity contribution in [1.82, 2.24) is 9.97 Å². The SMILES string of the molecule is CCCNc1nc(C2CCC2)nc2c1COCC2. The van der Waals surface area contributed by atoms with Crippen molar-refractivity contribution in [2.24, 2.45) is 0 Å². The maximum absolute atomic E-state index is 5.54. The first-order chi connectivity index (χ1) is 8.88. The van der Waals surface area contributed by atoms with Crippen molar-refractivity contribution in [3.05, 3.63) is 17.1 Å². The summed E-state index contributed by atoms with van der Waals surface area (Å²) in [5, 5.41) is 3.43. The maximum atomic E-state index is 5.54. The average Bonchev–Trinajstić information content (AvgIpc) is 2.34. The number of hydrogen-bond acceptors (Lipinski definition) is 4. The number of ether oxygens (including phenoxy) is 1. The van der Waals surface area contributed by atoms with Crippen LogP contribution in [0.5, 0.6) is 0 Å². The van der Waals surface area contributed by atoms with Gasteiger partial charge >= 0.3 is 0 Å². The first-order valence-corrected chi connectivity index (χ1v) is 7.09. The molecule has 0 unspecified atom stereocenters. The van der Waals surface area contributed by atoms with Crippen LogP contribution in [-0.4, -0.2) is 23.1 Å². The molecule has 1 fully saturated rings. The van der Waals surface area contributed by atoms with Crippen LogP contribution < -0.4 is 5.32 Å². The fraction of sp³-hybridized carbons (Fsp3) is 0.714. The molecule has 0 amide bonds. The van der Waals surface area contributed by atoms with Gasteiger partial charge in [0.1, 0.15) is 11.6 Å². The highest BCUT2D eigenvalue weighted by Crippen LogP contribution is 2.36. The summed E-state index contributed by atoms with van der Waals surface area (Å²) in [5.41, 5.74) is 2.38. The first kappa shape index (κ1) is 11.9. The number of anilines is 1.